The Labute approximate surface area is 120 Å². The lowest BCUT2D eigenvalue weighted by atomic mass is 10.0. The monoisotopic (exact) mass is 301 g/mol. The Balaban J connectivity index is 1.63. The Bertz CT molecular complexity index is 499. The van der Waals surface area contributed by atoms with Crippen LogP contribution in [0.3, 0.4) is 0 Å². The van der Waals surface area contributed by atoms with E-state index in [2.05, 4.69) is 4.98 Å². The van der Waals surface area contributed by atoms with Crippen LogP contribution in [0.15, 0.2) is 17.0 Å². The van der Waals surface area contributed by atoms with Crippen LogP contribution >= 0.6 is 0 Å². The summed E-state index contributed by atoms with van der Waals surface area (Å²) in [4.78, 5) is 19.1. The summed E-state index contributed by atoms with van der Waals surface area (Å²) in [6.07, 6.45) is 1.36. The number of amides is 1. The second kappa shape index (κ2) is 5.34. The van der Waals surface area contributed by atoms with Crippen LogP contribution in [0.25, 0.3) is 0 Å². The Kier molecular flexibility index (Phi) is 3.66. The first-order valence-corrected chi connectivity index (χ1v) is 6.94. The molecule has 3 rings (SSSR count). The first kappa shape index (κ1) is 14.4. The summed E-state index contributed by atoms with van der Waals surface area (Å²) in [5.74, 6) is -2.83. The lowest BCUT2D eigenvalue weighted by Gasteiger charge is -2.36. The van der Waals surface area contributed by atoms with E-state index in [0.29, 0.717) is 6.54 Å². The lowest BCUT2D eigenvalue weighted by Crippen LogP contribution is -2.49. The van der Waals surface area contributed by atoms with Gasteiger partial charge in [0, 0.05) is 39.0 Å². The topological polar surface area (TPSA) is 69.8 Å². The highest BCUT2D eigenvalue weighted by atomic mass is 19.3. The molecule has 2 aliphatic heterocycles. The summed E-state index contributed by atoms with van der Waals surface area (Å²) >= 11 is 0. The molecule has 1 N–H and O–H groups in total. The maximum atomic E-state index is 13.2. The average Bonchev–Trinajstić information content (AvgIpc) is 3.08. The molecular weight excluding hydrogens is 284 g/mol. The summed E-state index contributed by atoms with van der Waals surface area (Å²) in [5, 5.41) is 10.1. The van der Waals surface area contributed by atoms with Gasteiger partial charge in [-0.1, -0.05) is 0 Å². The van der Waals surface area contributed by atoms with Crippen molar-refractivity contribution in [2.45, 2.75) is 30.9 Å². The van der Waals surface area contributed by atoms with E-state index in [1.807, 2.05) is 4.90 Å². The molecule has 0 unspecified atom stereocenters. The first-order valence-electron chi connectivity index (χ1n) is 6.94. The highest BCUT2D eigenvalue weighted by molar-refractivity contribution is 5.91. The SMILES string of the molecule is O=C(c1cnco1)N1C[C@@H](O)[C@H](N2CCC(F)(F)CC2)C1. The summed E-state index contributed by atoms with van der Waals surface area (Å²) in [6.45, 7) is 0.960. The van der Waals surface area contributed by atoms with Crippen molar-refractivity contribution in [1.82, 2.24) is 14.8 Å². The van der Waals surface area contributed by atoms with Crippen molar-refractivity contribution in [2.24, 2.45) is 0 Å². The molecule has 2 aliphatic rings. The number of rotatable bonds is 2. The second-order valence-corrected chi connectivity index (χ2v) is 5.60. The van der Waals surface area contributed by atoms with Gasteiger partial charge >= 0.3 is 0 Å². The third-order valence-corrected chi connectivity index (χ3v) is 4.19. The first-order chi connectivity index (χ1) is 9.96. The number of nitrogens with zero attached hydrogens (tertiary/aromatic N) is 3. The van der Waals surface area contributed by atoms with Crippen molar-refractivity contribution in [2.75, 3.05) is 26.2 Å². The largest absolute Gasteiger partial charge is 0.438 e. The maximum absolute atomic E-state index is 13.2. The number of β-amino-alcohol motifs (C(OH)–C–C–N with tert-alkyl or cyclic N) is 1. The molecule has 2 fully saturated rings. The molecule has 0 radical (unpaired) electrons. The van der Waals surface area contributed by atoms with Gasteiger partial charge in [-0.3, -0.25) is 9.69 Å². The van der Waals surface area contributed by atoms with Crippen molar-refractivity contribution in [1.29, 1.82) is 0 Å². The Morgan fingerprint density at radius 3 is 2.71 bits per heavy atom. The predicted octanol–water partition coefficient (Wildman–Crippen LogP) is 0.591. The van der Waals surface area contributed by atoms with E-state index in [1.54, 1.807) is 0 Å². The van der Waals surface area contributed by atoms with Crippen LogP contribution in [0.2, 0.25) is 0 Å². The van der Waals surface area contributed by atoms with Gasteiger partial charge in [-0.25, -0.2) is 13.8 Å². The average molecular weight is 301 g/mol. The summed E-state index contributed by atoms with van der Waals surface area (Å²) in [7, 11) is 0. The molecule has 6 nitrogen and oxygen atoms in total. The lowest BCUT2D eigenvalue weighted by molar-refractivity contribution is -0.0697. The standard InChI is InChI=1S/C13H17F2N3O3/c14-13(15)1-3-17(4-2-13)9-6-18(7-10(9)19)12(20)11-5-16-8-21-11/h5,8-10,19H,1-4,6-7H2/t9-,10-/m1/s1. The van der Waals surface area contributed by atoms with Gasteiger partial charge in [0.15, 0.2) is 6.39 Å². The summed E-state index contributed by atoms with van der Waals surface area (Å²) in [5.41, 5.74) is 0. The number of piperidine rings is 1. The van der Waals surface area contributed by atoms with E-state index < -0.39 is 12.0 Å². The molecule has 21 heavy (non-hydrogen) atoms. The van der Waals surface area contributed by atoms with Crippen LogP contribution < -0.4 is 0 Å². The van der Waals surface area contributed by atoms with Crippen LogP contribution in [-0.4, -0.2) is 70.0 Å². The van der Waals surface area contributed by atoms with Gasteiger partial charge in [-0.15, -0.1) is 0 Å². The number of aliphatic hydroxyl groups is 1. The Morgan fingerprint density at radius 1 is 1.38 bits per heavy atom. The molecule has 2 saturated heterocycles. The minimum Gasteiger partial charge on any atom is -0.438 e. The number of hydrogen-bond donors (Lipinski definition) is 1. The summed E-state index contributed by atoms with van der Waals surface area (Å²) in [6, 6.07) is -0.298. The van der Waals surface area contributed by atoms with Crippen LogP contribution in [0.1, 0.15) is 23.4 Å². The minimum atomic E-state index is -2.62. The zero-order chi connectivity index (χ0) is 15.0. The maximum Gasteiger partial charge on any atom is 0.291 e. The Morgan fingerprint density at radius 2 is 2.10 bits per heavy atom. The molecule has 0 aromatic carbocycles. The number of oxazole rings is 1. The zero-order valence-electron chi connectivity index (χ0n) is 11.4. The molecule has 116 valence electrons. The number of carbonyl (C=O) groups excluding carboxylic acids is 1. The van der Waals surface area contributed by atoms with Gasteiger partial charge in [0.25, 0.3) is 11.8 Å². The smallest absolute Gasteiger partial charge is 0.291 e. The molecule has 8 heteroatoms. The molecule has 1 aromatic heterocycles. The fraction of sp³-hybridized carbons (Fsp3) is 0.692. The van der Waals surface area contributed by atoms with Crippen molar-refractivity contribution < 1.29 is 23.1 Å². The molecule has 0 saturated carbocycles. The number of aliphatic hydroxyl groups excluding tert-OH is 1. The van der Waals surface area contributed by atoms with Gasteiger partial charge < -0.3 is 14.4 Å². The summed E-state index contributed by atoms with van der Waals surface area (Å²) < 4.78 is 31.3. The molecular formula is C13H17F2N3O3. The van der Waals surface area contributed by atoms with Crippen LogP contribution in [0.5, 0.6) is 0 Å². The van der Waals surface area contributed by atoms with Crippen molar-refractivity contribution >= 4 is 5.91 Å². The van der Waals surface area contributed by atoms with Gasteiger partial charge in [0.2, 0.25) is 5.76 Å². The van der Waals surface area contributed by atoms with E-state index in [9.17, 15) is 18.7 Å². The molecule has 0 bridgehead atoms. The normalized spacial score (nSPS) is 29.8. The number of alkyl halides is 2. The fourth-order valence-electron chi connectivity index (χ4n) is 2.95. The zero-order valence-corrected chi connectivity index (χ0v) is 11.4. The number of likely N-dealkylation sites (tertiary alicyclic amines) is 2. The molecule has 1 aromatic rings. The van der Waals surface area contributed by atoms with Crippen LogP contribution in [-0.2, 0) is 0 Å². The van der Waals surface area contributed by atoms with Crippen LogP contribution in [0, 0.1) is 0 Å². The van der Waals surface area contributed by atoms with E-state index in [-0.39, 0.29) is 50.2 Å². The third kappa shape index (κ3) is 2.91. The minimum absolute atomic E-state index is 0.119. The molecule has 1 amide bonds. The van der Waals surface area contributed by atoms with Crippen molar-refractivity contribution in [3.05, 3.63) is 18.4 Å². The highest BCUT2D eigenvalue weighted by Gasteiger charge is 2.42. The van der Waals surface area contributed by atoms with Gasteiger partial charge in [0.1, 0.15) is 0 Å². The number of carbonyl (C=O) groups is 1. The number of hydrogen-bond acceptors (Lipinski definition) is 5. The van der Waals surface area contributed by atoms with E-state index >= 15 is 0 Å². The second-order valence-electron chi connectivity index (χ2n) is 5.60. The number of halogens is 2. The third-order valence-electron chi connectivity index (χ3n) is 4.19. The molecule has 0 aliphatic carbocycles. The van der Waals surface area contributed by atoms with Gasteiger partial charge in [0.05, 0.1) is 18.3 Å². The predicted molar refractivity (Wildman–Crippen MR) is 68.0 cm³/mol. The highest BCUT2D eigenvalue weighted by Crippen LogP contribution is 2.30. The van der Waals surface area contributed by atoms with E-state index in [0.717, 1.165) is 0 Å². The Hall–Kier alpha value is -1.54. The quantitative estimate of drug-likeness (QED) is 0.866. The van der Waals surface area contributed by atoms with Crippen molar-refractivity contribution in [3.63, 3.8) is 0 Å². The van der Waals surface area contributed by atoms with E-state index in [4.69, 9.17) is 4.42 Å². The molecule has 3 heterocycles. The van der Waals surface area contributed by atoms with E-state index in [1.165, 1.54) is 17.5 Å². The van der Waals surface area contributed by atoms with Crippen molar-refractivity contribution in [3.8, 4) is 0 Å². The number of aromatic nitrogens is 1. The molecule has 0 spiro atoms. The van der Waals surface area contributed by atoms with Gasteiger partial charge in [-0.05, 0) is 0 Å². The fourth-order valence-corrected chi connectivity index (χ4v) is 2.95. The van der Waals surface area contributed by atoms with Crippen LogP contribution in [0.4, 0.5) is 8.78 Å². The van der Waals surface area contributed by atoms with Gasteiger partial charge in [-0.2, -0.15) is 0 Å². The molecule has 2 atom stereocenters.